The number of cyclic esters (lactones) is 1. The minimum atomic E-state index is -1.15. The lowest BCUT2D eigenvalue weighted by Crippen LogP contribution is -2.55. The fourth-order valence-electron chi connectivity index (χ4n) is 2.81. The van der Waals surface area contributed by atoms with Gasteiger partial charge in [-0.05, 0) is 18.0 Å². The van der Waals surface area contributed by atoms with E-state index >= 15 is 0 Å². The van der Waals surface area contributed by atoms with Crippen LogP contribution in [0.15, 0.2) is 36.2 Å². The van der Waals surface area contributed by atoms with Crippen molar-refractivity contribution < 1.29 is 23.9 Å². The number of ether oxygens (including phenoxy) is 2. The van der Waals surface area contributed by atoms with Crippen LogP contribution >= 0.6 is 11.9 Å². The maximum Gasteiger partial charge on any atom is 0.360 e. The number of benzene rings is 1. The lowest BCUT2D eigenvalue weighted by Gasteiger charge is -2.45. The number of rotatable bonds is 3. The van der Waals surface area contributed by atoms with Gasteiger partial charge >= 0.3 is 11.9 Å². The normalized spacial score (nSPS) is 23.7. The smallest absolute Gasteiger partial charge is 0.360 e. The third-order valence-corrected chi connectivity index (χ3v) is 5.11. The molecular weight excluding hydrogens is 346 g/mol. The molecular formula is C16H11N3O5S. The second-order valence-electron chi connectivity index (χ2n) is 5.51. The highest BCUT2D eigenvalue weighted by atomic mass is 32.2. The van der Waals surface area contributed by atoms with E-state index < -0.39 is 18.2 Å². The summed E-state index contributed by atoms with van der Waals surface area (Å²) < 4.78 is 12.0. The van der Waals surface area contributed by atoms with E-state index in [1.54, 1.807) is 28.6 Å². The molecule has 0 aromatic heterocycles. The first-order valence-corrected chi connectivity index (χ1v) is 8.27. The van der Waals surface area contributed by atoms with Gasteiger partial charge < -0.3 is 13.8 Å². The van der Waals surface area contributed by atoms with E-state index in [4.69, 9.17) is 14.7 Å². The van der Waals surface area contributed by atoms with Crippen molar-refractivity contribution in [1.82, 2.24) is 9.21 Å². The molecule has 3 aliphatic rings. The monoisotopic (exact) mass is 357 g/mol. The molecule has 0 N–H and O–H groups in total. The quantitative estimate of drug-likeness (QED) is 0.345. The van der Waals surface area contributed by atoms with Crippen LogP contribution in [0.4, 0.5) is 0 Å². The summed E-state index contributed by atoms with van der Waals surface area (Å²) in [5, 5.41) is 8.62. The number of carbonyl (C=O) groups is 3. The summed E-state index contributed by atoms with van der Waals surface area (Å²) in [7, 11) is 0. The third-order valence-electron chi connectivity index (χ3n) is 3.99. The lowest BCUT2D eigenvalue weighted by molar-refractivity contribution is -0.168. The molecule has 0 bridgehead atoms. The summed E-state index contributed by atoms with van der Waals surface area (Å²) in [6, 6.07) is 8.62. The standard InChI is InChI=1S/C16H11N3O5S/c17-5-6-18-8-11(19-12(20)7-13(19)25-18)15(22)24-16-10-4-2-1-3-9(10)14(21)23-16/h1-4,8,13,16H,6-7H2. The minimum Gasteiger partial charge on any atom is -0.417 e. The largest absolute Gasteiger partial charge is 0.417 e. The molecule has 1 aromatic carbocycles. The molecule has 0 radical (unpaired) electrons. The van der Waals surface area contributed by atoms with E-state index in [0.29, 0.717) is 17.5 Å². The van der Waals surface area contributed by atoms with Crippen LogP contribution in [0.1, 0.15) is 28.6 Å². The van der Waals surface area contributed by atoms with Gasteiger partial charge in [-0.15, -0.1) is 0 Å². The molecule has 4 rings (SSSR count). The summed E-state index contributed by atoms with van der Waals surface area (Å²) in [4.78, 5) is 37.5. The van der Waals surface area contributed by atoms with Gasteiger partial charge in [0.1, 0.15) is 17.6 Å². The van der Waals surface area contributed by atoms with Gasteiger partial charge in [0.2, 0.25) is 5.91 Å². The number of hydrogen-bond acceptors (Lipinski definition) is 8. The lowest BCUT2D eigenvalue weighted by atomic mass is 10.1. The average Bonchev–Trinajstić information content (AvgIpc) is 2.90. The zero-order valence-electron chi connectivity index (χ0n) is 12.7. The molecule has 2 atom stereocenters. The molecule has 8 nitrogen and oxygen atoms in total. The Bertz CT molecular complexity index is 862. The van der Waals surface area contributed by atoms with Crippen molar-refractivity contribution >= 4 is 29.8 Å². The Kier molecular flexibility index (Phi) is 3.62. The van der Waals surface area contributed by atoms with E-state index in [9.17, 15) is 14.4 Å². The van der Waals surface area contributed by atoms with Crippen LogP contribution in [-0.4, -0.2) is 39.0 Å². The zero-order valence-corrected chi connectivity index (χ0v) is 13.6. The van der Waals surface area contributed by atoms with Gasteiger partial charge in [0.25, 0.3) is 6.29 Å². The summed E-state index contributed by atoms with van der Waals surface area (Å²) in [6.45, 7) is 0.0707. The van der Waals surface area contributed by atoms with E-state index in [-0.39, 0.29) is 23.5 Å². The topological polar surface area (TPSA) is 99.9 Å². The van der Waals surface area contributed by atoms with Crippen LogP contribution in [0.3, 0.4) is 0 Å². The van der Waals surface area contributed by atoms with Crippen molar-refractivity contribution in [2.45, 2.75) is 18.1 Å². The Morgan fingerprint density at radius 2 is 2.20 bits per heavy atom. The van der Waals surface area contributed by atoms with Gasteiger partial charge in [0.15, 0.2) is 0 Å². The third kappa shape index (κ3) is 2.51. The van der Waals surface area contributed by atoms with Crippen molar-refractivity contribution in [3.05, 3.63) is 47.3 Å². The molecule has 2 unspecified atom stereocenters. The van der Waals surface area contributed by atoms with Gasteiger partial charge in [-0.3, -0.25) is 9.69 Å². The fraction of sp³-hybridized carbons (Fsp3) is 0.250. The highest BCUT2D eigenvalue weighted by Gasteiger charge is 2.46. The average molecular weight is 357 g/mol. The van der Waals surface area contributed by atoms with Crippen molar-refractivity contribution in [3.63, 3.8) is 0 Å². The number of nitriles is 1. The van der Waals surface area contributed by atoms with Gasteiger partial charge in [-0.25, -0.2) is 9.59 Å². The van der Waals surface area contributed by atoms with Gasteiger partial charge in [-0.1, -0.05) is 18.2 Å². The maximum absolute atomic E-state index is 12.6. The van der Waals surface area contributed by atoms with Crippen molar-refractivity contribution in [3.8, 4) is 6.07 Å². The van der Waals surface area contributed by atoms with Gasteiger partial charge in [0, 0.05) is 11.8 Å². The Morgan fingerprint density at radius 1 is 1.40 bits per heavy atom. The van der Waals surface area contributed by atoms with Gasteiger partial charge in [-0.2, -0.15) is 5.26 Å². The highest BCUT2D eigenvalue weighted by molar-refractivity contribution is 7.97. The van der Waals surface area contributed by atoms with Crippen LogP contribution in [0.25, 0.3) is 0 Å². The molecule has 1 fully saturated rings. The fourth-order valence-corrected chi connectivity index (χ4v) is 3.96. The van der Waals surface area contributed by atoms with Crippen LogP contribution in [0.5, 0.6) is 0 Å². The molecule has 25 heavy (non-hydrogen) atoms. The molecule has 3 heterocycles. The van der Waals surface area contributed by atoms with E-state index in [2.05, 4.69) is 0 Å². The summed E-state index contributed by atoms with van der Waals surface area (Å²) in [6.07, 6.45) is 0.552. The summed E-state index contributed by atoms with van der Waals surface area (Å²) in [5.41, 5.74) is 0.847. The maximum atomic E-state index is 12.6. The van der Waals surface area contributed by atoms with Crippen LogP contribution < -0.4 is 0 Å². The Balaban J connectivity index is 1.57. The predicted molar refractivity (Wildman–Crippen MR) is 83.9 cm³/mol. The summed E-state index contributed by atoms with van der Waals surface area (Å²) in [5.74, 6) is -1.54. The van der Waals surface area contributed by atoms with Crippen molar-refractivity contribution in [1.29, 1.82) is 5.26 Å². The first kappa shape index (κ1) is 15.5. The zero-order chi connectivity index (χ0) is 17.6. The second-order valence-corrected chi connectivity index (χ2v) is 6.73. The molecule has 0 aliphatic carbocycles. The van der Waals surface area contributed by atoms with Crippen molar-refractivity contribution in [2.75, 3.05) is 6.54 Å². The second kappa shape index (κ2) is 5.82. The number of fused-ring (bicyclic) bond motifs is 2. The van der Waals surface area contributed by atoms with Crippen LogP contribution in [-0.2, 0) is 19.1 Å². The Morgan fingerprint density at radius 3 is 2.96 bits per heavy atom. The number of carbonyl (C=O) groups excluding carboxylic acids is 3. The molecule has 1 amide bonds. The van der Waals surface area contributed by atoms with Gasteiger partial charge in [0.05, 0.1) is 18.1 Å². The Labute approximate surface area is 146 Å². The van der Waals surface area contributed by atoms with Crippen LogP contribution in [0, 0.1) is 11.3 Å². The summed E-state index contributed by atoms with van der Waals surface area (Å²) >= 11 is 1.31. The molecule has 126 valence electrons. The number of β-lactam (4-membered cyclic amide) rings is 1. The molecule has 1 aromatic rings. The number of nitrogens with zero attached hydrogens (tertiary/aromatic N) is 3. The number of hydrogen-bond donors (Lipinski definition) is 0. The first-order valence-electron chi connectivity index (χ1n) is 7.43. The van der Waals surface area contributed by atoms with Crippen molar-refractivity contribution in [2.24, 2.45) is 0 Å². The van der Waals surface area contributed by atoms with E-state index in [0.717, 1.165) is 0 Å². The predicted octanol–water partition coefficient (Wildman–Crippen LogP) is 1.29. The minimum absolute atomic E-state index is 0.0377. The van der Waals surface area contributed by atoms with E-state index in [1.807, 2.05) is 6.07 Å². The molecule has 9 heteroatoms. The highest BCUT2D eigenvalue weighted by Crippen LogP contribution is 2.41. The first-order chi connectivity index (χ1) is 12.1. The van der Waals surface area contributed by atoms with E-state index in [1.165, 1.54) is 23.0 Å². The molecule has 0 saturated carbocycles. The molecule has 3 aliphatic heterocycles. The number of esters is 2. The van der Waals surface area contributed by atoms with Crippen LogP contribution in [0.2, 0.25) is 0 Å². The number of amides is 1. The molecule has 0 spiro atoms. The Hall–Kier alpha value is -2.99. The SMILES string of the molecule is N#CCN1C=C(C(=O)OC2OC(=O)c3ccccc32)N2C(=O)CC2S1. The molecule has 1 saturated heterocycles.